The normalized spacial score (nSPS) is 25.8. The molecular weight excluding hydrogens is 909 g/mol. The Morgan fingerprint density at radius 3 is 2.33 bits per heavy atom. The van der Waals surface area contributed by atoms with Crippen LogP contribution in [0.1, 0.15) is 120 Å². The fourth-order valence-electron chi connectivity index (χ4n) is 12.5. The number of hydrogen-bond acceptors (Lipinski definition) is 11. The van der Waals surface area contributed by atoms with Gasteiger partial charge in [-0.2, -0.15) is 0 Å². The minimum Gasteiger partial charge on any atom is -0.459 e. The molecule has 3 heterocycles. The highest BCUT2D eigenvalue weighted by molar-refractivity contribution is 6.03. The van der Waals surface area contributed by atoms with Crippen LogP contribution in [0, 0.1) is 23.7 Å². The summed E-state index contributed by atoms with van der Waals surface area (Å²) >= 11 is 0. The Bertz CT molecular complexity index is 2520. The molecule has 12 heteroatoms. The lowest BCUT2D eigenvalue weighted by molar-refractivity contribution is -0.258. The molecule has 7 unspecified atom stereocenters. The summed E-state index contributed by atoms with van der Waals surface area (Å²) in [5, 5.41) is 25.3. The average Bonchev–Trinajstić information content (AvgIpc) is 4.13. The number of fused-ring (bicyclic) bond motifs is 3. The van der Waals surface area contributed by atoms with E-state index in [-0.39, 0.29) is 56.8 Å². The number of aliphatic hydroxyl groups is 2. The summed E-state index contributed by atoms with van der Waals surface area (Å²) in [7, 11) is 0. The van der Waals surface area contributed by atoms with Gasteiger partial charge in [0.05, 0.1) is 24.8 Å². The second kappa shape index (κ2) is 23.5. The third kappa shape index (κ3) is 11.0. The molecule has 382 valence electrons. The van der Waals surface area contributed by atoms with Gasteiger partial charge in [-0.1, -0.05) is 104 Å². The van der Waals surface area contributed by atoms with Crippen molar-refractivity contribution in [2.24, 2.45) is 28.8 Å². The number of amides is 1. The highest BCUT2D eigenvalue weighted by Gasteiger charge is 2.65. The Morgan fingerprint density at radius 1 is 0.806 bits per heavy atom. The minimum absolute atomic E-state index is 0.0274. The zero-order valence-corrected chi connectivity index (χ0v) is 41.7. The van der Waals surface area contributed by atoms with Gasteiger partial charge in [0.2, 0.25) is 24.8 Å². The Balaban J connectivity index is 1.12. The minimum atomic E-state index is -1.40. The van der Waals surface area contributed by atoms with Crippen LogP contribution in [0.15, 0.2) is 120 Å². The Kier molecular flexibility index (Phi) is 16.3. The Labute approximate surface area is 424 Å². The van der Waals surface area contributed by atoms with E-state index in [0.29, 0.717) is 67.0 Å². The molecule has 12 nitrogen and oxygen atoms in total. The number of unbranched alkanes of at least 4 members (excludes halogenated alkanes) is 2. The lowest BCUT2D eigenvalue weighted by Gasteiger charge is -2.60. The quantitative estimate of drug-likeness (QED) is 0.0445. The average molecular weight is 981 g/mol. The van der Waals surface area contributed by atoms with Gasteiger partial charge >= 0.3 is 0 Å². The van der Waals surface area contributed by atoms with Crippen molar-refractivity contribution in [2.45, 2.75) is 133 Å². The Hall–Kier alpha value is -5.66. The number of benzene rings is 4. The summed E-state index contributed by atoms with van der Waals surface area (Å²) in [6, 6.07) is 29.8. The molecule has 3 aliphatic heterocycles. The van der Waals surface area contributed by atoms with Crippen LogP contribution in [0.2, 0.25) is 0 Å². The van der Waals surface area contributed by atoms with Gasteiger partial charge in [0, 0.05) is 50.5 Å². The van der Waals surface area contributed by atoms with Gasteiger partial charge < -0.3 is 48.4 Å². The first kappa shape index (κ1) is 49.9. The van der Waals surface area contributed by atoms with Gasteiger partial charge in [0.25, 0.3) is 0 Å². The van der Waals surface area contributed by atoms with Gasteiger partial charge in [0.1, 0.15) is 23.3 Å². The third-order valence-electron chi connectivity index (χ3n) is 16.0. The van der Waals surface area contributed by atoms with Crippen LogP contribution in [-0.2, 0) is 25.7 Å². The molecule has 0 aromatic heterocycles. The SMILES string of the molecule is C=CCOC12Oc3ccc(Oc4ccc(-c5ccccc5)cc4)cc3C3C(CCCCO)C(CCCCO)C=C(C(=NOC4CCCCO4)CC1N(Cc1ccc4c(c1)OCO4)C(=O)CCC1CCCC1)C32. The van der Waals surface area contributed by atoms with Crippen LogP contribution in [-0.4, -0.2) is 78.1 Å². The number of aliphatic hydroxyl groups excluding tert-OH is 2. The number of hydrogen-bond donors (Lipinski definition) is 2. The van der Waals surface area contributed by atoms with Crippen LogP contribution < -0.4 is 18.9 Å². The van der Waals surface area contributed by atoms with Gasteiger partial charge in [-0.15, -0.1) is 6.58 Å². The molecule has 1 saturated heterocycles. The molecule has 3 aliphatic carbocycles. The van der Waals surface area contributed by atoms with E-state index in [1.54, 1.807) is 6.08 Å². The number of carbonyl (C=O) groups excluding carboxylic acids is 1. The van der Waals surface area contributed by atoms with Gasteiger partial charge in [-0.25, -0.2) is 0 Å². The summed E-state index contributed by atoms with van der Waals surface area (Å²) in [6.07, 6.45) is 17.2. The van der Waals surface area contributed by atoms with Crippen molar-refractivity contribution >= 4 is 11.6 Å². The summed E-state index contributed by atoms with van der Waals surface area (Å²) in [5.74, 6) is 1.99. The van der Waals surface area contributed by atoms with Crippen LogP contribution >= 0.6 is 0 Å². The van der Waals surface area contributed by atoms with E-state index >= 15 is 4.79 Å². The van der Waals surface area contributed by atoms with Crippen molar-refractivity contribution < 1.29 is 48.3 Å². The first-order valence-electron chi connectivity index (χ1n) is 26.8. The van der Waals surface area contributed by atoms with Crippen molar-refractivity contribution in [3.8, 4) is 39.9 Å². The molecule has 0 bridgehead atoms. The van der Waals surface area contributed by atoms with E-state index in [0.717, 1.165) is 97.7 Å². The van der Waals surface area contributed by atoms with Crippen molar-refractivity contribution in [2.75, 3.05) is 33.2 Å². The van der Waals surface area contributed by atoms with E-state index in [9.17, 15) is 10.2 Å². The van der Waals surface area contributed by atoms with Crippen LogP contribution in [0.25, 0.3) is 11.1 Å². The molecule has 6 aliphatic rings. The second-order valence-electron chi connectivity index (χ2n) is 20.6. The maximum absolute atomic E-state index is 15.5. The van der Waals surface area contributed by atoms with Crippen molar-refractivity contribution in [3.05, 3.63) is 126 Å². The Morgan fingerprint density at radius 2 is 1.56 bits per heavy atom. The summed E-state index contributed by atoms with van der Waals surface area (Å²) in [6.45, 7) is 5.56. The fourth-order valence-corrected chi connectivity index (χ4v) is 12.5. The van der Waals surface area contributed by atoms with Crippen LogP contribution in [0.3, 0.4) is 0 Å². The topological polar surface area (TPSA) is 138 Å². The fraction of sp³-hybridized carbons (Fsp3) is 0.500. The van der Waals surface area contributed by atoms with Crippen molar-refractivity contribution in [1.29, 1.82) is 0 Å². The molecule has 2 N–H and O–H groups in total. The van der Waals surface area contributed by atoms with E-state index in [2.05, 4.69) is 43.0 Å². The van der Waals surface area contributed by atoms with Gasteiger partial charge in [-0.3, -0.25) is 4.79 Å². The second-order valence-corrected chi connectivity index (χ2v) is 20.6. The number of rotatable bonds is 22. The van der Waals surface area contributed by atoms with E-state index in [1.807, 2.05) is 65.6 Å². The molecular formula is C60H72N2O10. The molecule has 7 atom stereocenters. The predicted octanol–water partition coefficient (Wildman–Crippen LogP) is 12.0. The summed E-state index contributed by atoms with van der Waals surface area (Å²) in [4.78, 5) is 23.9. The first-order valence-corrected chi connectivity index (χ1v) is 26.8. The molecule has 10 rings (SSSR count). The zero-order valence-electron chi connectivity index (χ0n) is 41.7. The van der Waals surface area contributed by atoms with E-state index < -0.39 is 24.0 Å². The van der Waals surface area contributed by atoms with E-state index in [4.69, 9.17) is 38.4 Å². The lowest BCUT2D eigenvalue weighted by atomic mass is 9.55. The van der Waals surface area contributed by atoms with Gasteiger partial charge in [0.15, 0.2) is 11.5 Å². The van der Waals surface area contributed by atoms with Crippen LogP contribution in [0.4, 0.5) is 0 Å². The molecule has 0 spiro atoms. The largest absolute Gasteiger partial charge is 0.459 e. The highest BCUT2D eigenvalue weighted by atomic mass is 16.8. The monoisotopic (exact) mass is 981 g/mol. The standard InChI is InChI=1S/C60H72N2O10/c1-2-33-69-60-55(62(56(65)30-22-41-14-6-7-15-41)39-42-21-28-53-54(35-42)68-40-67-53)38-51(61-72-57-20-10-13-34-66-57)49-36-45(18-8-11-31-63)48(19-9-12-32-64)58(59(49)60)50-37-47(27-29-52(50)71-60)70-46-25-23-44(24-26-46)43-16-4-3-5-17-43/h2-5,16-17,21,23-29,35-37,41,45,48,55,57-59,63-64H,1,6-15,18-20,22,30-34,38-40H2. The predicted molar refractivity (Wildman–Crippen MR) is 276 cm³/mol. The number of allylic oxidation sites excluding steroid dienone is 1. The zero-order chi connectivity index (χ0) is 49.3. The van der Waals surface area contributed by atoms with Crippen molar-refractivity contribution in [3.63, 3.8) is 0 Å². The van der Waals surface area contributed by atoms with E-state index in [1.165, 1.54) is 12.8 Å². The highest BCUT2D eigenvalue weighted by Crippen LogP contribution is 2.62. The number of oxime groups is 1. The number of nitrogens with zero attached hydrogens (tertiary/aromatic N) is 2. The van der Waals surface area contributed by atoms with Gasteiger partial charge in [-0.05, 0) is 127 Å². The first-order chi connectivity index (χ1) is 35.4. The summed E-state index contributed by atoms with van der Waals surface area (Å²) < 4.78 is 39.4. The molecule has 4 aromatic rings. The molecule has 4 aromatic carbocycles. The number of carbonyl (C=O) groups is 1. The van der Waals surface area contributed by atoms with Crippen LogP contribution in [0.5, 0.6) is 28.7 Å². The smallest absolute Gasteiger partial charge is 0.239 e. The summed E-state index contributed by atoms with van der Waals surface area (Å²) in [5.41, 5.74) is 5.87. The molecule has 1 amide bonds. The lowest BCUT2D eigenvalue weighted by Crippen LogP contribution is -2.70. The molecule has 0 radical (unpaired) electrons. The maximum Gasteiger partial charge on any atom is 0.239 e. The third-order valence-corrected chi connectivity index (χ3v) is 16.0. The maximum atomic E-state index is 15.5. The molecule has 72 heavy (non-hydrogen) atoms. The number of ether oxygens (including phenoxy) is 6. The van der Waals surface area contributed by atoms with Crippen molar-refractivity contribution in [1.82, 2.24) is 4.90 Å². The molecule has 3 fully saturated rings. The molecule has 2 saturated carbocycles.